The number of nitrogens with one attached hydrogen (secondary N) is 2. The molecule has 2 aromatic heterocycles. The Hall–Kier alpha value is -3.46. The van der Waals surface area contributed by atoms with Crippen LogP contribution in [0.1, 0.15) is 27.7 Å². The summed E-state index contributed by atoms with van der Waals surface area (Å²) in [5.41, 5.74) is 2.76. The standard InChI is InChI=1S/C21H22FN7O.2C2H6/c1-28-11-13-7-14(8-16(22)20(13)27-28)26-21-19-17(24-12-25-21)9-15(10-18(19)30-2)29-5-3-23-4-6-29;2*1-2/h7-12,23H,3-6H2,1-2H3,(H,24,25,26);2*1-2H3. The van der Waals surface area contributed by atoms with Crippen LogP contribution < -0.4 is 20.3 Å². The predicted octanol–water partition coefficient (Wildman–Crippen LogP) is 4.87. The Morgan fingerprint density at radius 1 is 1.03 bits per heavy atom. The molecule has 1 fully saturated rings. The van der Waals surface area contributed by atoms with Crippen LogP contribution in [0.3, 0.4) is 0 Å². The molecule has 2 N–H and O–H groups in total. The third-order valence-electron chi connectivity index (χ3n) is 5.33. The Kier molecular flexibility index (Phi) is 8.59. The number of halogens is 1. The monoisotopic (exact) mass is 467 g/mol. The Balaban J connectivity index is 0.000000771. The zero-order valence-electron chi connectivity index (χ0n) is 20.8. The van der Waals surface area contributed by atoms with Gasteiger partial charge in [-0.3, -0.25) is 4.68 Å². The summed E-state index contributed by atoms with van der Waals surface area (Å²) in [6.45, 7) is 11.7. The lowest BCUT2D eigenvalue weighted by atomic mass is 10.1. The minimum atomic E-state index is -0.387. The van der Waals surface area contributed by atoms with E-state index in [2.05, 4.69) is 30.6 Å². The predicted molar refractivity (Wildman–Crippen MR) is 138 cm³/mol. The van der Waals surface area contributed by atoms with Crippen molar-refractivity contribution in [3.05, 3.63) is 42.6 Å². The molecule has 2 aromatic carbocycles. The Morgan fingerprint density at radius 3 is 2.47 bits per heavy atom. The van der Waals surface area contributed by atoms with E-state index in [-0.39, 0.29) is 5.82 Å². The number of ether oxygens (including phenoxy) is 1. The molecule has 34 heavy (non-hydrogen) atoms. The number of nitrogens with zero attached hydrogens (tertiary/aromatic N) is 5. The summed E-state index contributed by atoms with van der Waals surface area (Å²) in [5, 5.41) is 12.2. The molecule has 1 aliphatic heterocycles. The lowest BCUT2D eigenvalue weighted by Crippen LogP contribution is -2.43. The number of anilines is 3. The van der Waals surface area contributed by atoms with Gasteiger partial charge in [-0.2, -0.15) is 5.10 Å². The number of fused-ring (bicyclic) bond motifs is 2. The highest BCUT2D eigenvalue weighted by molar-refractivity contribution is 5.98. The molecule has 4 aromatic rings. The molecule has 1 aliphatic rings. The SMILES string of the molecule is CC.CC.COc1cc(N2CCNCC2)cc2ncnc(Nc3cc(F)c4nn(C)cc4c3)c12. The lowest BCUT2D eigenvalue weighted by Gasteiger charge is -2.30. The quantitative estimate of drug-likeness (QED) is 0.443. The maximum atomic E-state index is 14.5. The largest absolute Gasteiger partial charge is 0.496 e. The Morgan fingerprint density at radius 2 is 1.76 bits per heavy atom. The van der Waals surface area contributed by atoms with E-state index in [0.717, 1.165) is 42.8 Å². The zero-order chi connectivity index (χ0) is 24.7. The minimum Gasteiger partial charge on any atom is -0.496 e. The number of aryl methyl sites for hydroxylation is 1. The molecule has 1 saturated heterocycles. The average molecular weight is 468 g/mol. The van der Waals surface area contributed by atoms with Gasteiger partial charge in [-0.1, -0.05) is 27.7 Å². The highest BCUT2D eigenvalue weighted by atomic mass is 19.1. The average Bonchev–Trinajstić information content (AvgIpc) is 3.27. The number of hydrogen-bond donors (Lipinski definition) is 2. The molecule has 182 valence electrons. The molecule has 0 radical (unpaired) electrons. The first kappa shape index (κ1) is 25.2. The topological polar surface area (TPSA) is 80.1 Å². The first-order chi connectivity index (χ1) is 16.6. The van der Waals surface area contributed by atoms with Gasteiger partial charge in [-0.05, 0) is 18.2 Å². The zero-order valence-corrected chi connectivity index (χ0v) is 20.8. The van der Waals surface area contributed by atoms with Crippen molar-refractivity contribution in [3.63, 3.8) is 0 Å². The summed E-state index contributed by atoms with van der Waals surface area (Å²) in [6, 6.07) is 7.32. The van der Waals surface area contributed by atoms with Crippen molar-refractivity contribution in [1.82, 2.24) is 25.1 Å². The van der Waals surface area contributed by atoms with Gasteiger partial charge in [0.05, 0.1) is 18.0 Å². The van der Waals surface area contributed by atoms with Crippen molar-refractivity contribution in [3.8, 4) is 5.75 Å². The van der Waals surface area contributed by atoms with E-state index in [4.69, 9.17) is 4.74 Å². The van der Waals surface area contributed by atoms with Gasteiger partial charge in [-0.25, -0.2) is 14.4 Å². The molecule has 9 heteroatoms. The summed E-state index contributed by atoms with van der Waals surface area (Å²) in [7, 11) is 3.40. The number of hydrogen-bond acceptors (Lipinski definition) is 7. The van der Waals surface area contributed by atoms with E-state index >= 15 is 0 Å². The van der Waals surface area contributed by atoms with Crippen LogP contribution >= 0.6 is 0 Å². The second kappa shape index (κ2) is 11.6. The normalized spacial score (nSPS) is 13.1. The fourth-order valence-electron chi connectivity index (χ4n) is 3.92. The molecule has 0 saturated carbocycles. The molecule has 0 amide bonds. The summed E-state index contributed by atoms with van der Waals surface area (Å²) < 4.78 is 21.8. The fourth-order valence-corrected chi connectivity index (χ4v) is 3.92. The maximum absolute atomic E-state index is 14.5. The van der Waals surface area contributed by atoms with Gasteiger partial charge < -0.3 is 20.3 Å². The molecule has 5 rings (SSSR count). The van der Waals surface area contributed by atoms with Crippen molar-refractivity contribution in [2.75, 3.05) is 43.5 Å². The molecule has 0 spiro atoms. The van der Waals surface area contributed by atoms with Crippen LogP contribution in [0.2, 0.25) is 0 Å². The molecule has 0 aliphatic carbocycles. The van der Waals surface area contributed by atoms with Gasteiger partial charge in [0.15, 0.2) is 5.82 Å². The summed E-state index contributed by atoms with van der Waals surface area (Å²) in [4.78, 5) is 11.2. The van der Waals surface area contributed by atoms with Gasteiger partial charge in [0.25, 0.3) is 0 Å². The Bertz CT molecular complexity index is 1240. The van der Waals surface area contributed by atoms with E-state index in [1.807, 2.05) is 45.9 Å². The molecule has 0 atom stereocenters. The van der Waals surface area contributed by atoms with Gasteiger partial charge in [0.1, 0.15) is 23.4 Å². The third-order valence-corrected chi connectivity index (χ3v) is 5.33. The van der Waals surface area contributed by atoms with E-state index in [0.29, 0.717) is 28.2 Å². The van der Waals surface area contributed by atoms with Crippen LogP contribution in [0.5, 0.6) is 5.75 Å². The van der Waals surface area contributed by atoms with E-state index in [9.17, 15) is 4.39 Å². The van der Waals surface area contributed by atoms with E-state index in [1.165, 1.54) is 12.4 Å². The van der Waals surface area contributed by atoms with Crippen molar-refractivity contribution in [1.29, 1.82) is 0 Å². The number of piperazine rings is 1. The van der Waals surface area contributed by atoms with Crippen LogP contribution in [0.15, 0.2) is 36.8 Å². The first-order valence-corrected chi connectivity index (χ1v) is 11.8. The number of rotatable bonds is 4. The van der Waals surface area contributed by atoms with Crippen molar-refractivity contribution < 1.29 is 9.13 Å². The van der Waals surface area contributed by atoms with Crippen LogP contribution in [0.25, 0.3) is 21.8 Å². The molecule has 8 nitrogen and oxygen atoms in total. The summed E-state index contributed by atoms with van der Waals surface area (Å²) in [6.07, 6.45) is 3.28. The first-order valence-electron chi connectivity index (χ1n) is 11.8. The van der Waals surface area contributed by atoms with Crippen LogP contribution in [0.4, 0.5) is 21.6 Å². The second-order valence-electron chi connectivity index (χ2n) is 7.33. The van der Waals surface area contributed by atoms with Crippen LogP contribution in [-0.2, 0) is 7.05 Å². The lowest BCUT2D eigenvalue weighted by molar-refractivity contribution is 0.419. The molecular weight excluding hydrogens is 433 g/mol. The maximum Gasteiger partial charge on any atom is 0.153 e. The van der Waals surface area contributed by atoms with Gasteiger partial charge in [0, 0.05) is 62.3 Å². The van der Waals surface area contributed by atoms with Gasteiger partial charge >= 0.3 is 0 Å². The van der Waals surface area contributed by atoms with Crippen molar-refractivity contribution in [2.24, 2.45) is 7.05 Å². The third kappa shape index (κ3) is 5.20. The van der Waals surface area contributed by atoms with Gasteiger partial charge in [-0.15, -0.1) is 0 Å². The Labute approximate surface area is 200 Å². The minimum absolute atomic E-state index is 0.342. The fraction of sp³-hybridized carbons (Fsp3) is 0.400. The smallest absolute Gasteiger partial charge is 0.153 e. The molecular formula is C25H34FN7O. The number of benzene rings is 2. The summed E-state index contributed by atoms with van der Waals surface area (Å²) >= 11 is 0. The highest BCUT2D eigenvalue weighted by Gasteiger charge is 2.17. The summed E-state index contributed by atoms with van der Waals surface area (Å²) in [5.74, 6) is 0.848. The molecule has 0 bridgehead atoms. The molecule has 3 heterocycles. The van der Waals surface area contributed by atoms with E-state index in [1.54, 1.807) is 25.0 Å². The van der Waals surface area contributed by atoms with Crippen LogP contribution in [0, 0.1) is 5.82 Å². The molecule has 0 unspecified atom stereocenters. The van der Waals surface area contributed by atoms with Crippen LogP contribution in [-0.4, -0.2) is 53.0 Å². The highest BCUT2D eigenvalue weighted by Crippen LogP contribution is 2.36. The second-order valence-corrected chi connectivity index (χ2v) is 7.33. The number of methoxy groups -OCH3 is 1. The number of aromatic nitrogens is 4. The van der Waals surface area contributed by atoms with E-state index < -0.39 is 0 Å². The van der Waals surface area contributed by atoms with Crippen molar-refractivity contribution >= 4 is 39.0 Å². The van der Waals surface area contributed by atoms with Crippen molar-refractivity contribution in [2.45, 2.75) is 27.7 Å². The van der Waals surface area contributed by atoms with Gasteiger partial charge in [0.2, 0.25) is 0 Å².